The molecule has 0 amide bonds. The molecule has 2 N–H and O–H groups in total. The van der Waals surface area contributed by atoms with E-state index in [-0.39, 0.29) is 12.8 Å². The minimum absolute atomic E-state index is 0.00704. The van der Waals surface area contributed by atoms with Gasteiger partial charge in [0.1, 0.15) is 24.7 Å². The molecule has 40 heavy (non-hydrogen) atoms. The number of benzene rings is 3. The second kappa shape index (κ2) is 14.4. The van der Waals surface area contributed by atoms with Gasteiger partial charge < -0.3 is 24.3 Å². The van der Waals surface area contributed by atoms with E-state index in [1.165, 1.54) is 0 Å². The van der Waals surface area contributed by atoms with E-state index in [0.29, 0.717) is 32.6 Å². The SMILES string of the molecule is O=C(O)CCCc1cn(CCC(=O)O)c2c(C=Cc3ccc(OC/C=C/COc4ccccc4)cc3)cccc12. The fourth-order valence-corrected chi connectivity index (χ4v) is 4.42. The molecule has 4 aromatic rings. The monoisotopic (exact) mass is 539 g/mol. The van der Waals surface area contributed by atoms with Crippen LogP contribution in [0.25, 0.3) is 23.1 Å². The molecule has 4 rings (SSSR count). The Balaban J connectivity index is 1.39. The molecule has 1 heterocycles. The van der Waals surface area contributed by atoms with Crippen LogP contribution in [0.1, 0.15) is 36.0 Å². The summed E-state index contributed by atoms with van der Waals surface area (Å²) in [5.74, 6) is -0.0841. The van der Waals surface area contributed by atoms with E-state index >= 15 is 0 Å². The Labute approximate surface area is 233 Å². The van der Waals surface area contributed by atoms with Gasteiger partial charge in [-0.3, -0.25) is 9.59 Å². The second-order valence-electron chi connectivity index (χ2n) is 9.29. The Hall–Kier alpha value is -4.78. The maximum Gasteiger partial charge on any atom is 0.305 e. The zero-order chi connectivity index (χ0) is 28.2. The van der Waals surface area contributed by atoms with Crippen LogP contribution in [0, 0.1) is 0 Å². The van der Waals surface area contributed by atoms with Crippen molar-refractivity contribution in [3.8, 4) is 11.5 Å². The maximum absolute atomic E-state index is 11.2. The van der Waals surface area contributed by atoms with E-state index in [2.05, 4.69) is 0 Å². The van der Waals surface area contributed by atoms with Crippen LogP contribution >= 0.6 is 0 Å². The van der Waals surface area contributed by atoms with Crippen molar-refractivity contribution in [3.05, 3.63) is 108 Å². The molecule has 7 heteroatoms. The van der Waals surface area contributed by atoms with Gasteiger partial charge in [-0.05, 0) is 65.9 Å². The lowest BCUT2D eigenvalue weighted by Gasteiger charge is -2.07. The Morgan fingerprint density at radius 3 is 2.10 bits per heavy atom. The van der Waals surface area contributed by atoms with Gasteiger partial charge in [-0.15, -0.1) is 0 Å². The Kier molecular flexibility index (Phi) is 10.2. The topological polar surface area (TPSA) is 98.0 Å². The number of aromatic nitrogens is 1. The predicted molar refractivity (Wildman–Crippen MR) is 157 cm³/mol. The van der Waals surface area contributed by atoms with Gasteiger partial charge in [0.2, 0.25) is 0 Å². The molecule has 0 spiro atoms. The number of nitrogens with zero attached hydrogens (tertiary/aromatic N) is 1. The van der Waals surface area contributed by atoms with Crippen molar-refractivity contribution in [3.63, 3.8) is 0 Å². The van der Waals surface area contributed by atoms with E-state index in [1.807, 2.05) is 108 Å². The van der Waals surface area contributed by atoms with Crippen LogP contribution in [0.4, 0.5) is 0 Å². The number of hydrogen-bond donors (Lipinski definition) is 2. The molecule has 1 aromatic heterocycles. The first-order chi connectivity index (χ1) is 19.5. The normalized spacial score (nSPS) is 11.4. The Morgan fingerprint density at radius 1 is 0.750 bits per heavy atom. The lowest BCUT2D eigenvalue weighted by molar-refractivity contribution is -0.138. The van der Waals surface area contributed by atoms with E-state index in [4.69, 9.17) is 14.6 Å². The van der Waals surface area contributed by atoms with Crippen molar-refractivity contribution in [2.75, 3.05) is 13.2 Å². The molecule has 0 aliphatic rings. The molecule has 0 unspecified atom stereocenters. The second-order valence-corrected chi connectivity index (χ2v) is 9.29. The summed E-state index contributed by atoms with van der Waals surface area (Å²) in [6.07, 6.45) is 11.1. The first-order valence-corrected chi connectivity index (χ1v) is 13.3. The molecule has 0 saturated heterocycles. The van der Waals surface area contributed by atoms with Gasteiger partial charge in [0, 0.05) is 24.5 Å². The van der Waals surface area contributed by atoms with Crippen LogP contribution in [-0.2, 0) is 22.6 Å². The fraction of sp³-hybridized carbons (Fsp3) is 0.212. The molecule has 0 saturated carbocycles. The number of ether oxygens (including phenoxy) is 2. The smallest absolute Gasteiger partial charge is 0.305 e. The van der Waals surface area contributed by atoms with Crippen molar-refractivity contribution in [1.82, 2.24) is 4.57 Å². The van der Waals surface area contributed by atoms with Crippen LogP contribution in [0.2, 0.25) is 0 Å². The maximum atomic E-state index is 11.2. The van der Waals surface area contributed by atoms with Gasteiger partial charge in [0.15, 0.2) is 0 Å². The van der Waals surface area contributed by atoms with Crippen molar-refractivity contribution < 1.29 is 29.3 Å². The summed E-state index contributed by atoms with van der Waals surface area (Å²) >= 11 is 0. The van der Waals surface area contributed by atoms with Gasteiger partial charge in [-0.2, -0.15) is 0 Å². The molecule has 0 bridgehead atoms. The highest BCUT2D eigenvalue weighted by molar-refractivity contribution is 5.93. The summed E-state index contributed by atoms with van der Waals surface area (Å²) in [5.41, 5.74) is 3.95. The first kappa shape index (κ1) is 28.2. The number of carboxylic acids is 2. The predicted octanol–water partition coefficient (Wildman–Crippen LogP) is 6.71. The van der Waals surface area contributed by atoms with Crippen LogP contribution in [0.3, 0.4) is 0 Å². The standard InChI is InChI=1S/C33H33NO6/c35-31(36)13-7-9-27-24-34(21-20-32(37)38)33-26(8-6-12-30(27)33)17-14-25-15-18-29(19-16-25)40-23-5-4-22-39-28-10-2-1-3-11-28/h1-6,8,10-12,14-19,24H,7,9,13,20-23H2,(H,35,36)(H,37,38)/b5-4+,17-14?. The molecule has 0 aliphatic heterocycles. The Bertz CT molecular complexity index is 1470. The molecule has 206 valence electrons. The van der Waals surface area contributed by atoms with Gasteiger partial charge in [0.25, 0.3) is 0 Å². The molecule has 0 fully saturated rings. The molecular weight excluding hydrogens is 506 g/mol. The number of para-hydroxylation sites is 2. The third-order valence-corrected chi connectivity index (χ3v) is 6.35. The molecular formula is C33H33NO6. The number of carbonyl (C=O) groups is 2. The highest BCUT2D eigenvalue weighted by Gasteiger charge is 2.13. The zero-order valence-corrected chi connectivity index (χ0v) is 22.2. The van der Waals surface area contributed by atoms with Gasteiger partial charge in [0.05, 0.1) is 11.9 Å². The fourth-order valence-electron chi connectivity index (χ4n) is 4.42. The minimum atomic E-state index is -0.861. The van der Waals surface area contributed by atoms with Gasteiger partial charge in [-0.1, -0.05) is 60.7 Å². The first-order valence-electron chi connectivity index (χ1n) is 13.3. The summed E-state index contributed by atoms with van der Waals surface area (Å²) < 4.78 is 13.4. The molecule has 0 atom stereocenters. The number of rotatable bonds is 15. The average Bonchev–Trinajstić information content (AvgIpc) is 3.31. The van der Waals surface area contributed by atoms with Crippen LogP contribution in [0.15, 0.2) is 91.1 Å². The summed E-state index contributed by atoms with van der Waals surface area (Å²) in [5, 5.41) is 19.3. The van der Waals surface area contributed by atoms with Crippen molar-refractivity contribution in [1.29, 1.82) is 0 Å². The summed E-state index contributed by atoms with van der Waals surface area (Å²) in [4.78, 5) is 22.2. The van der Waals surface area contributed by atoms with E-state index in [1.54, 1.807) is 0 Å². The van der Waals surface area contributed by atoms with Crippen LogP contribution in [0.5, 0.6) is 11.5 Å². The van der Waals surface area contributed by atoms with E-state index in [9.17, 15) is 14.7 Å². The average molecular weight is 540 g/mol. The van der Waals surface area contributed by atoms with Crippen molar-refractivity contribution in [2.24, 2.45) is 0 Å². The third kappa shape index (κ3) is 8.36. The highest BCUT2D eigenvalue weighted by Crippen LogP contribution is 2.28. The quantitative estimate of drug-likeness (QED) is 0.129. The summed E-state index contributed by atoms with van der Waals surface area (Å²) in [6, 6.07) is 23.4. The van der Waals surface area contributed by atoms with E-state index < -0.39 is 11.9 Å². The van der Waals surface area contributed by atoms with Crippen molar-refractivity contribution in [2.45, 2.75) is 32.2 Å². The minimum Gasteiger partial charge on any atom is -0.490 e. The highest BCUT2D eigenvalue weighted by atomic mass is 16.5. The number of aliphatic carboxylic acids is 2. The largest absolute Gasteiger partial charge is 0.490 e. The molecule has 0 radical (unpaired) electrons. The summed E-state index contributed by atoms with van der Waals surface area (Å²) in [6.45, 7) is 1.26. The van der Waals surface area contributed by atoms with E-state index in [0.717, 1.165) is 39.1 Å². The number of fused-ring (bicyclic) bond motifs is 1. The molecule has 3 aromatic carbocycles. The van der Waals surface area contributed by atoms with Crippen LogP contribution in [-0.4, -0.2) is 39.9 Å². The Morgan fingerprint density at radius 2 is 1.43 bits per heavy atom. The summed E-state index contributed by atoms with van der Waals surface area (Å²) in [7, 11) is 0. The van der Waals surface area contributed by atoms with Gasteiger partial charge >= 0.3 is 11.9 Å². The molecule has 7 nitrogen and oxygen atoms in total. The third-order valence-electron chi connectivity index (χ3n) is 6.35. The van der Waals surface area contributed by atoms with Crippen LogP contribution < -0.4 is 9.47 Å². The van der Waals surface area contributed by atoms with Gasteiger partial charge in [-0.25, -0.2) is 0 Å². The lowest BCUT2D eigenvalue weighted by atomic mass is 10.0. The number of hydrogen-bond acceptors (Lipinski definition) is 4. The zero-order valence-electron chi connectivity index (χ0n) is 22.2. The molecule has 0 aliphatic carbocycles. The lowest BCUT2D eigenvalue weighted by Crippen LogP contribution is -2.04. The number of aryl methyl sites for hydroxylation is 2. The van der Waals surface area contributed by atoms with Crippen molar-refractivity contribution >= 4 is 35.0 Å². The number of carboxylic acid groups (broad SMARTS) is 2.